The molecule has 0 saturated carbocycles. The molecular formula is C11H14FN2O. The van der Waals surface area contributed by atoms with Crippen molar-refractivity contribution in [3.63, 3.8) is 0 Å². The molecule has 1 aromatic rings. The number of nitrogens with one attached hydrogen (secondary N) is 1. The number of hydrogen-bond acceptors (Lipinski definition) is 3. The molecule has 0 unspecified atom stereocenters. The van der Waals surface area contributed by atoms with Crippen molar-refractivity contribution in [3.8, 4) is 0 Å². The maximum Gasteiger partial charge on any atom is 0.141 e. The highest BCUT2D eigenvalue weighted by atomic mass is 19.1. The average molecular weight is 209 g/mol. The van der Waals surface area contributed by atoms with Gasteiger partial charge in [-0.15, -0.1) is 0 Å². The Kier molecular flexibility index (Phi) is 3.64. The Morgan fingerprint density at radius 3 is 3.20 bits per heavy atom. The van der Waals surface area contributed by atoms with Crippen molar-refractivity contribution in [1.82, 2.24) is 10.3 Å². The lowest BCUT2D eigenvalue weighted by Crippen LogP contribution is -2.21. The van der Waals surface area contributed by atoms with Gasteiger partial charge in [0.15, 0.2) is 0 Å². The van der Waals surface area contributed by atoms with E-state index in [4.69, 9.17) is 4.74 Å². The summed E-state index contributed by atoms with van der Waals surface area (Å²) in [4.78, 5) is 4.00. The summed E-state index contributed by atoms with van der Waals surface area (Å²) in [6, 6.07) is 3.11. The summed E-state index contributed by atoms with van der Waals surface area (Å²) in [6.45, 7) is 2.50. The van der Waals surface area contributed by atoms with Crippen molar-refractivity contribution in [2.24, 2.45) is 0 Å². The SMILES string of the molecule is Fc1ccc(C[C]2CNCCCO2)nc1. The van der Waals surface area contributed by atoms with E-state index in [1.54, 1.807) is 6.07 Å². The smallest absolute Gasteiger partial charge is 0.141 e. The van der Waals surface area contributed by atoms with Gasteiger partial charge < -0.3 is 10.1 Å². The van der Waals surface area contributed by atoms with Crippen LogP contribution in [0.1, 0.15) is 12.1 Å². The second kappa shape index (κ2) is 5.19. The van der Waals surface area contributed by atoms with Gasteiger partial charge in [-0.25, -0.2) is 4.39 Å². The minimum atomic E-state index is -0.302. The molecule has 0 bridgehead atoms. The van der Waals surface area contributed by atoms with Crippen LogP contribution >= 0.6 is 0 Å². The van der Waals surface area contributed by atoms with Gasteiger partial charge in [-0.2, -0.15) is 0 Å². The van der Waals surface area contributed by atoms with Crippen LogP contribution < -0.4 is 5.32 Å². The van der Waals surface area contributed by atoms with Crippen LogP contribution in [-0.4, -0.2) is 24.7 Å². The first-order valence-electron chi connectivity index (χ1n) is 5.13. The molecule has 0 aromatic carbocycles. The summed E-state index contributed by atoms with van der Waals surface area (Å²) in [7, 11) is 0. The van der Waals surface area contributed by atoms with Crippen LogP contribution in [0.5, 0.6) is 0 Å². The second-order valence-electron chi connectivity index (χ2n) is 3.56. The van der Waals surface area contributed by atoms with E-state index in [2.05, 4.69) is 10.3 Å². The second-order valence-corrected chi connectivity index (χ2v) is 3.56. The normalized spacial score (nSPS) is 18.7. The molecule has 4 heteroatoms. The fraction of sp³-hybridized carbons (Fsp3) is 0.455. The van der Waals surface area contributed by atoms with Gasteiger partial charge in [0.1, 0.15) is 11.9 Å². The number of ether oxygens (including phenoxy) is 1. The van der Waals surface area contributed by atoms with E-state index in [1.165, 1.54) is 12.3 Å². The lowest BCUT2D eigenvalue weighted by Gasteiger charge is -2.12. The largest absolute Gasteiger partial charge is 0.370 e. The molecule has 1 aliphatic heterocycles. The minimum Gasteiger partial charge on any atom is -0.370 e. The monoisotopic (exact) mass is 209 g/mol. The van der Waals surface area contributed by atoms with E-state index in [0.717, 1.165) is 37.9 Å². The topological polar surface area (TPSA) is 34.1 Å². The number of rotatable bonds is 2. The molecule has 0 spiro atoms. The van der Waals surface area contributed by atoms with Crippen LogP contribution in [0, 0.1) is 11.9 Å². The standard InChI is InChI=1S/C11H14FN2O/c12-9-2-3-10(14-7-9)6-11-8-13-4-1-5-15-11/h2-3,7,13H,1,4-6,8H2. The molecule has 15 heavy (non-hydrogen) atoms. The van der Waals surface area contributed by atoms with Gasteiger partial charge in [-0.3, -0.25) is 4.98 Å². The zero-order valence-corrected chi connectivity index (χ0v) is 8.50. The van der Waals surface area contributed by atoms with Crippen LogP contribution in [0.4, 0.5) is 4.39 Å². The van der Waals surface area contributed by atoms with Crippen molar-refractivity contribution in [2.45, 2.75) is 12.8 Å². The molecule has 1 radical (unpaired) electrons. The number of pyridine rings is 1. The molecule has 1 fully saturated rings. The molecular weight excluding hydrogens is 195 g/mol. The molecule has 3 nitrogen and oxygen atoms in total. The average Bonchev–Trinajstić information content (AvgIpc) is 2.50. The summed E-state index contributed by atoms with van der Waals surface area (Å²) in [5.74, 6) is -0.302. The molecule has 2 heterocycles. The molecule has 0 amide bonds. The molecule has 81 valence electrons. The lowest BCUT2D eigenvalue weighted by atomic mass is 10.2. The molecule has 2 rings (SSSR count). The van der Waals surface area contributed by atoms with E-state index in [9.17, 15) is 4.39 Å². The Morgan fingerprint density at radius 1 is 1.47 bits per heavy atom. The summed E-state index contributed by atoms with van der Waals surface area (Å²) >= 11 is 0. The highest BCUT2D eigenvalue weighted by Crippen LogP contribution is 2.12. The Hall–Kier alpha value is -1.00. The third-order valence-electron chi connectivity index (χ3n) is 2.29. The van der Waals surface area contributed by atoms with Crippen LogP contribution in [0.3, 0.4) is 0 Å². The van der Waals surface area contributed by atoms with Gasteiger partial charge in [-0.05, 0) is 25.1 Å². The zero-order chi connectivity index (χ0) is 10.5. The van der Waals surface area contributed by atoms with Crippen LogP contribution in [0.25, 0.3) is 0 Å². The molecule has 1 saturated heterocycles. The Labute approximate surface area is 88.7 Å². The molecule has 1 aromatic heterocycles. The number of nitrogens with zero attached hydrogens (tertiary/aromatic N) is 1. The Morgan fingerprint density at radius 2 is 2.40 bits per heavy atom. The van der Waals surface area contributed by atoms with Gasteiger partial charge in [0.2, 0.25) is 0 Å². The third-order valence-corrected chi connectivity index (χ3v) is 2.29. The van der Waals surface area contributed by atoms with Gasteiger partial charge in [0.05, 0.1) is 6.20 Å². The van der Waals surface area contributed by atoms with Crippen LogP contribution in [0.2, 0.25) is 0 Å². The highest BCUT2D eigenvalue weighted by Gasteiger charge is 2.14. The van der Waals surface area contributed by atoms with Crippen molar-refractivity contribution in [2.75, 3.05) is 19.7 Å². The maximum absolute atomic E-state index is 12.6. The fourth-order valence-electron chi connectivity index (χ4n) is 1.52. The summed E-state index contributed by atoms with van der Waals surface area (Å²) in [5, 5.41) is 3.27. The third kappa shape index (κ3) is 3.25. The van der Waals surface area contributed by atoms with Gasteiger partial charge in [0.25, 0.3) is 0 Å². The zero-order valence-electron chi connectivity index (χ0n) is 8.50. The molecule has 1 aliphatic rings. The van der Waals surface area contributed by atoms with E-state index in [-0.39, 0.29) is 5.82 Å². The van der Waals surface area contributed by atoms with E-state index < -0.39 is 0 Å². The van der Waals surface area contributed by atoms with Crippen molar-refractivity contribution in [3.05, 3.63) is 35.9 Å². The Bertz CT molecular complexity index is 294. The first-order chi connectivity index (χ1) is 7.34. The van der Waals surface area contributed by atoms with Gasteiger partial charge in [-0.1, -0.05) is 0 Å². The van der Waals surface area contributed by atoms with E-state index in [1.807, 2.05) is 0 Å². The minimum absolute atomic E-state index is 0.302. The van der Waals surface area contributed by atoms with E-state index in [0.29, 0.717) is 6.42 Å². The summed E-state index contributed by atoms with van der Waals surface area (Å²) in [6.07, 6.45) is 3.90. The Balaban J connectivity index is 1.92. The summed E-state index contributed by atoms with van der Waals surface area (Å²) < 4.78 is 18.2. The molecule has 0 aliphatic carbocycles. The lowest BCUT2D eigenvalue weighted by molar-refractivity contribution is 0.149. The van der Waals surface area contributed by atoms with E-state index >= 15 is 0 Å². The fourth-order valence-corrected chi connectivity index (χ4v) is 1.52. The van der Waals surface area contributed by atoms with Crippen molar-refractivity contribution >= 4 is 0 Å². The highest BCUT2D eigenvalue weighted by molar-refractivity contribution is 5.09. The molecule has 0 atom stereocenters. The van der Waals surface area contributed by atoms with Gasteiger partial charge in [0, 0.05) is 25.3 Å². The van der Waals surface area contributed by atoms with Crippen LogP contribution in [-0.2, 0) is 11.2 Å². The van der Waals surface area contributed by atoms with Gasteiger partial charge >= 0.3 is 0 Å². The first kappa shape index (κ1) is 10.5. The number of halogens is 1. The van der Waals surface area contributed by atoms with Crippen molar-refractivity contribution < 1.29 is 9.13 Å². The number of hydrogen-bond donors (Lipinski definition) is 1. The number of aromatic nitrogens is 1. The predicted octanol–water partition coefficient (Wildman–Crippen LogP) is 1.31. The summed E-state index contributed by atoms with van der Waals surface area (Å²) in [5.41, 5.74) is 0.843. The van der Waals surface area contributed by atoms with Crippen molar-refractivity contribution in [1.29, 1.82) is 0 Å². The first-order valence-corrected chi connectivity index (χ1v) is 5.13. The predicted molar refractivity (Wildman–Crippen MR) is 54.6 cm³/mol. The quantitative estimate of drug-likeness (QED) is 0.797. The van der Waals surface area contributed by atoms with Crippen LogP contribution in [0.15, 0.2) is 18.3 Å². The molecule has 1 N–H and O–H groups in total. The maximum atomic E-state index is 12.6.